The molecule has 4 heteroatoms. The lowest BCUT2D eigenvalue weighted by atomic mass is 10.2. The van der Waals surface area contributed by atoms with Gasteiger partial charge in [-0.3, -0.25) is 0 Å². The first-order valence-electron chi connectivity index (χ1n) is 5.53. The summed E-state index contributed by atoms with van der Waals surface area (Å²) >= 11 is 9.54. The van der Waals surface area contributed by atoms with Crippen LogP contribution < -0.4 is 5.32 Å². The molecule has 0 aromatic heterocycles. The van der Waals surface area contributed by atoms with Crippen LogP contribution in [0.15, 0.2) is 40.9 Å². The molecule has 0 amide bonds. The Morgan fingerprint density at radius 2 is 2.00 bits per heavy atom. The molecule has 2 N–H and O–H groups in total. The molecule has 2 aromatic carbocycles. The Kier molecular flexibility index (Phi) is 4.15. The molecule has 18 heavy (non-hydrogen) atoms. The second kappa shape index (κ2) is 5.63. The second-order valence-electron chi connectivity index (χ2n) is 4.09. The number of aryl methyl sites for hydroxylation is 1. The quantitative estimate of drug-likeness (QED) is 0.799. The fourth-order valence-electron chi connectivity index (χ4n) is 1.64. The fourth-order valence-corrected chi connectivity index (χ4v) is 2.23. The summed E-state index contributed by atoms with van der Waals surface area (Å²) in [6, 6.07) is 11.2. The number of hydrogen-bond acceptors (Lipinski definition) is 2. The van der Waals surface area contributed by atoms with Gasteiger partial charge in [-0.1, -0.05) is 27.5 Å². The molecule has 0 aliphatic heterocycles. The third-order valence-electron chi connectivity index (χ3n) is 2.69. The Morgan fingerprint density at radius 1 is 1.22 bits per heavy atom. The average molecular weight is 327 g/mol. The number of hydrogen-bond donors (Lipinski definition) is 2. The lowest BCUT2D eigenvalue weighted by Crippen LogP contribution is -2.00. The molecule has 0 unspecified atom stereocenters. The molecule has 0 saturated heterocycles. The van der Waals surface area contributed by atoms with Crippen molar-refractivity contribution in [3.05, 3.63) is 57.0 Å². The summed E-state index contributed by atoms with van der Waals surface area (Å²) in [7, 11) is 0. The maximum absolute atomic E-state index is 9.45. The van der Waals surface area contributed by atoms with Crippen molar-refractivity contribution in [3.8, 4) is 5.75 Å². The van der Waals surface area contributed by atoms with E-state index >= 15 is 0 Å². The van der Waals surface area contributed by atoms with Crippen molar-refractivity contribution in [3.63, 3.8) is 0 Å². The minimum absolute atomic E-state index is 0.307. The maximum atomic E-state index is 9.45. The predicted octanol–water partition coefficient (Wildman–Crippen LogP) is 4.73. The van der Waals surface area contributed by atoms with Crippen molar-refractivity contribution in [1.82, 2.24) is 0 Å². The van der Waals surface area contributed by atoms with Crippen LogP contribution in [-0.2, 0) is 6.54 Å². The van der Waals surface area contributed by atoms with Gasteiger partial charge in [0.15, 0.2) is 0 Å². The van der Waals surface area contributed by atoms with E-state index in [1.165, 1.54) is 0 Å². The van der Waals surface area contributed by atoms with Crippen LogP contribution in [0.5, 0.6) is 5.75 Å². The van der Waals surface area contributed by atoms with Crippen LogP contribution in [0.4, 0.5) is 5.69 Å². The molecule has 0 aliphatic rings. The molecular formula is C14H13BrClNO. The van der Waals surface area contributed by atoms with Gasteiger partial charge < -0.3 is 10.4 Å². The molecule has 0 atom stereocenters. The highest BCUT2D eigenvalue weighted by Gasteiger charge is 2.02. The molecule has 0 saturated carbocycles. The van der Waals surface area contributed by atoms with Gasteiger partial charge in [0, 0.05) is 21.7 Å². The van der Waals surface area contributed by atoms with Crippen LogP contribution in [0.25, 0.3) is 0 Å². The van der Waals surface area contributed by atoms with Crippen molar-refractivity contribution in [2.45, 2.75) is 13.5 Å². The SMILES string of the molecule is Cc1cc(NCc2cc(Br)ccc2Cl)ccc1O. The van der Waals surface area contributed by atoms with E-state index in [0.29, 0.717) is 12.3 Å². The first kappa shape index (κ1) is 13.2. The summed E-state index contributed by atoms with van der Waals surface area (Å²) in [6.07, 6.45) is 0. The van der Waals surface area contributed by atoms with Crippen molar-refractivity contribution in [2.24, 2.45) is 0 Å². The summed E-state index contributed by atoms with van der Waals surface area (Å²) in [5, 5.41) is 13.5. The Morgan fingerprint density at radius 3 is 2.72 bits per heavy atom. The molecule has 0 fully saturated rings. The Bertz CT molecular complexity index is 572. The van der Waals surface area contributed by atoms with Gasteiger partial charge in [-0.15, -0.1) is 0 Å². The molecule has 0 radical (unpaired) electrons. The fraction of sp³-hybridized carbons (Fsp3) is 0.143. The number of rotatable bonds is 3. The van der Waals surface area contributed by atoms with Crippen LogP contribution in [0, 0.1) is 6.92 Å². The molecule has 0 heterocycles. The van der Waals surface area contributed by atoms with E-state index in [9.17, 15) is 5.11 Å². The topological polar surface area (TPSA) is 32.3 Å². The van der Waals surface area contributed by atoms with Gasteiger partial charge >= 0.3 is 0 Å². The Labute approximate surface area is 120 Å². The van der Waals surface area contributed by atoms with Gasteiger partial charge in [-0.25, -0.2) is 0 Å². The van der Waals surface area contributed by atoms with E-state index in [1.807, 2.05) is 37.3 Å². The highest BCUT2D eigenvalue weighted by molar-refractivity contribution is 9.10. The van der Waals surface area contributed by atoms with E-state index in [2.05, 4.69) is 21.2 Å². The maximum Gasteiger partial charge on any atom is 0.118 e. The second-order valence-corrected chi connectivity index (χ2v) is 5.41. The number of nitrogens with one attached hydrogen (secondary N) is 1. The molecule has 2 rings (SSSR count). The van der Waals surface area contributed by atoms with Gasteiger partial charge in [-0.05, 0) is 54.4 Å². The zero-order valence-electron chi connectivity index (χ0n) is 9.87. The standard InChI is InChI=1S/C14H13BrClNO/c1-9-6-12(3-5-14(9)18)17-8-10-7-11(15)2-4-13(10)16/h2-7,17-18H,8H2,1H3. The summed E-state index contributed by atoms with van der Waals surface area (Å²) in [6.45, 7) is 2.51. The van der Waals surface area contributed by atoms with Gasteiger partial charge in [0.05, 0.1) is 0 Å². The number of benzene rings is 2. The average Bonchev–Trinajstić information content (AvgIpc) is 2.34. The number of phenolic OH excluding ortho intramolecular Hbond substituents is 1. The largest absolute Gasteiger partial charge is 0.508 e. The molecule has 2 nitrogen and oxygen atoms in total. The van der Waals surface area contributed by atoms with Gasteiger partial charge in [0.25, 0.3) is 0 Å². The number of phenols is 1. The Hall–Kier alpha value is -1.19. The number of anilines is 1. The van der Waals surface area contributed by atoms with E-state index in [0.717, 1.165) is 26.3 Å². The summed E-state index contributed by atoms with van der Waals surface area (Å²) in [5.74, 6) is 0.307. The van der Waals surface area contributed by atoms with Gasteiger partial charge in [0.2, 0.25) is 0 Å². The number of aromatic hydroxyl groups is 1. The van der Waals surface area contributed by atoms with Crippen LogP contribution in [0.2, 0.25) is 5.02 Å². The lowest BCUT2D eigenvalue weighted by molar-refractivity contribution is 0.471. The minimum atomic E-state index is 0.307. The van der Waals surface area contributed by atoms with Crippen molar-refractivity contribution in [1.29, 1.82) is 0 Å². The molecule has 94 valence electrons. The van der Waals surface area contributed by atoms with Crippen molar-refractivity contribution >= 4 is 33.2 Å². The number of halogens is 2. The Balaban J connectivity index is 2.11. The van der Waals surface area contributed by atoms with E-state index in [4.69, 9.17) is 11.6 Å². The lowest BCUT2D eigenvalue weighted by Gasteiger charge is -2.10. The minimum Gasteiger partial charge on any atom is -0.508 e. The van der Waals surface area contributed by atoms with Crippen molar-refractivity contribution in [2.75, 3.05) is 5.32 Å². The summed E-state index contributed by atoms with van der Waals surface area (Å²) in [5.41, 5.74) is 2.83. The van der Waals surface area contributed by atoms with Crippen LogP contribution in [0.1, 0.15) is 11.1 Å². The smallest absolute Gasteiger partial charge is 0.118 e. The molecule has 0 aliphatic carbocycles. The van der Waals surface area contributed by atoms with E-state index < -0.39 is 0 Å². The molecular weight excluding hydrogens is 314 g/mol. The molecule has 2 aromatic rings. The molecule has 0 spiro atoms. The zero-order valence-corrected chi connectivity index (χ0v) is 12.2. The van der Waals surface area contributed by atoms with Gasteiger partial charge in [0.1, 0.15) is 5.75 Å². The van der Waals surface area contributed by atoms with Crippen LogP contribution in [-0.4, -0.2) is 5.11 Å². The van der Waals surface area contributed by atoms with Gasteiger partial charge in [-0.2, -0.15) is 0 Å². The summed E-state index contributed by atoms with van der Waals surface area (Å²) < 4.78 is 1.01. The third kappa shape index (κ3) is 3.18. The third-order valence-corrected chi connectivity index (χ3v) is 3.55. The first-order chi connectivity index (χ1) is 8.56. The summed E-state index contributed by atoms with van der Waals surface area (Å²) in [4.78, 5) is 0. The van der Waals surface area contributed by atoms with E-state index in [1.54, 1.807) is 6.07 Å². The van der Waals surface area contributed by atoms with Crippen LogP contribution >= 0.6 is 27.5 Å². The van der Waals surface area contributed by atoms with Crippen LogP contribution in [0.3, 0.4) is 0 Å². The zero-order chi connectivity index (χ0) is 13.1. The van der Waals surface area contributed by atoms with E-state index in [-0.39, 0.29) is 0 Å². The highest BCUT2D eigenvalue weighted by Crippen LogP contribution is 2.24. The highest BCUT2D eigenvalue weighted by atomic mass is 79.9. The molecule has 0 bridgehead atoms. The monoisotopic (exact) mass is 325 g/mol. The normalized spacial score (nSPS) is 10.4. The first-order valence-corrected chi connectivity index (χ1v) is 6.71. The van der Waals surface area contributed by atoms with Crippen molar-refractivity contribution < 1.29 is 5.11 Å². The predicted molar refractivity (Wildman–Crippen MR) is 79.3 cm³/mol.